The quantitative estimate of drug-likeness (QED) is 0.662. The molecule has 0 bridgehead atoms. The van der Waals surface area contributed by atoms with Crippen LogP contribution < -0.4 is 5.73 Å². The van der Waals surface area contributed by atoms with E-state index < -0.39 is 0 Å². The maximum absolute atomic E-state index is 11.8. The molecule has 0 spiro atoms. The lowest BCUT2D eigenvalue weighted by molar-refractivity contribution is -0.127. The number of carbonyl (C=O) groups excluding carboxylic acids is 1. The van der Waals surface area contributed by atoms with Crippen molar-refractivity contribution in [3.63, 3.8) is 0 Å². The zero-order valence-corrected chi connectivity index (χ0v) is 12.2. The van der Waals surface area contributed by atoms with Gasteiger partial charge in [-0.05, 0) is 29.8 Å². The van der Waals surface area contributed by atoms with Crippen LogP contribution in [0.5, 0.6) is 0 Å². The highest BCUT2D eigenvalue weighted by molar-refractivity contribution is 9.10. The third-order valence-corrected chi connectivity index (χ3v) is 4.00. The molecule has 0 aliphatic heterocycles. The molecule has 1 aromatic heterocycles. The minimum atomic E-state index is 0.101. The molecule has 1 aromatic rings. The van der Waals surface area contributed by atoms with E-state index in [-0.39, 0.29) is 11.9 Å². The number of halogens is 1. The van der Waals surface area contributed by atoms with Gasteiger partial charge in [-0.15, -0.1) is 0 Å². The largest absolute Gasteiger partial charge is 0.368 e. The van der Waals surface area contributed by atoms with Gasteiger partial charge in [0.2, 0.25) is 11.9 Å². The molecule has 0 saturated heterocycles. The Morgan fingerprint density at radius 1 is 1.53 bits per heavy atom. The van der Waals surface area contributed by atoms with Gasteiger partial charge in [0, 0.05) is 19.3 Å². The molecule has 1 heterocycles. The van der Waals surface area contributed by atoms with Crippen molar-refractivity contribution in [2.45, 2.75) is 18.9 Å². The summed E-state index contributed by atoms with van der Waals surface area (Å²) < 4.78 is 0.754. The summed E-state index contributed by atoms with van der Waals surface area (Å²) in [6, 6.07) is 0. The van der Waals surface area contributed by atoms with Gasteiger partial charge in [-0.2, -0.15) is 0 Å². The lowest BCUT2D eigenvalue weighted by atomic mass is 10.5. The van der Waals surface area contributed by atoms with Crippen molar-refractivity contribution in [2.75, 3.05) is 24.6 Å². The van der Waals surface area contributed by atoms with Gasteiger partial charge in [0.25, 0.3) is 0 Å². The first-order valence-electron chi connectivity index (χ1n) is 5.27. The van der Waals surface area contributed by atoms with Crippen LogP contribution in [-0.4, -0.2) is 39.6 Å². The van der Waals surface area contributed by atoms with Gasteiger partial charge in [-0.1, -0.05) is 11.8 Å². The third-order valence-electron chi connectivity index (χ3n) is 2.18. The number of anilines is 1. The summed E-state index contributed by atoms with van der Waals surface area (Å²) >= 11 is 4.68. The van der Waals surface area contributed by atoms with Gasteiger partial charge in [0.15, 0.2) is 0 Å². The number of hydrogen-bond acceptors (Lipinski definition) is 5. The summed E-state index contributed by atoms with van der Waals surface area (Å²) in [5.74, 6) is 0.673. The molecule has 0 radical (unpaired) electrons. The van der Waals surface area contributed by atoms with Crippen molar-refractivity contribution in [1.29, 1.82) is 0 Å². The molecule has 0 unspecified atom stereocenters. The highest BCUT2D eigenvalue weighted by Crippen LogP contribution is 2.25. The fourth-order valence-corrected chi connectivity index (χ4v) is 2.59. The molecule has 1 amide bonds. The first-order valence-corrected chi connectivity index (χ1v) is 7.04. The topological polar surface area (TPSA) is 72.1 Å². The second-order valence-electron chi connectivity index (χ2n) is 3.24. The van der Waals surface area contributed by atoms with Crippen LogP contribution in [0.1, 0.15) is 13.8 Å². The zero-order valence-electron chi connectivity index (χ0n) is 9.81. The number of rotatable bonds is 5. The van der Waals surface area contributed by atoms with Crippen LogP contribution in [0.4, 0.5) is 5.95 Å². The summed E-state index contributed by atoms with van der Waals surface area (Å²) in [4.78, 5) is 21.5. The summed E-state index contributed by atoms with van der Waals surface area (Å²) in [5, 5.41) is 0.693. The van der Waals surface area contributed by atoms with E-state index in [1.165, 1.54) is 11.8 Å². The molecule has 0 atom stereocenters. The molecule has 1 rings (SSSR count). The number of nitrogens with zero attached hydrogens (tertiary/aromatic N) is 3. The Kier molecular flexibility index (Phi) is 5.70. The predicted molar refractivity (Wildman–Crippen MR) is 72.8 cm³/mol. The molecule has 5 nitrogen and oxygen atoms in total. The highest BCUT2D eigenvalue weighted by atomic mass is 79.9. The van der Waals surface area contributed by atoms with E-state index >= 15 is 0 Å². The van der Waals surface area contributed by atoms with Crippen molar-refractivity contribution in [1.82, 2.24) is 14.9 Å². The van der Waals surface area contributed by atoms with Crippen molar-refractivity contribution >= 4 is 39.5 Å². The third kappa shape index (κ3) is 4.16. The molecule has 17 heavy (non-hydrogen) atoms. The van der Waals surface area contributed by atoms with Gasteiger partial charge in [0.1, 0.15) is 5.03 Å². The predicted octanol–water partition coefficient (Wildman–Crippen LogP) is 1.78. The Balaban J connectivity index is 2.61. The molecule has 0 saturated carbocycles. The van der Waals surface area contributed by atoms with Gasteiger partial charge in [0.05, 0.1) is 10.2 Å². The van der Waals surface area contributed by atoms with E-state index in [1.807, 2.05) is 13.8 Å². The van der Waals surface area contributed by atoms with Crippen molar-refractivity contribution in [2.24, 2.45) is 0 Å². The summed E-state index contributed by atoms with van der Waals surface area (Å²) in [6.45, 7) is 5.38. The zero-order chi connectivity index (χ0) is 12.8. The van der Waals surface area contributed by atoms with Crippen LogP contribution in [0.15, 0.2) is 15.7 Å². The maximum Gasteiger partial charge on any atom is 0.232 e. The summed E-state index contributed by atoms with van der Waals surface area (Å²) in [5.41, 5.74) is 5.49. The Morgan fingerprint density at radius 3 is 2.76 bits per heavy atom. The van der Waals surface area contributed by atoms with E-state index in [4.69, 9.17) is 5.73 Å². The molecular formula is C10H15BrN4OS. The number of thioether (sulfide) groups is 1. The Hall–Kier alpha value is -0.820. The number of hydrogen-bond donors (Lipinski definition) is 1. The highest BCUT2D eigenvalue weighted by Gasteiger charge is 2.12. The lowest BCUT2D eigenvalue weighted by Gasteiger charge is -2.18. The average Bonchev–Trinajstić information content (AvgIpc) is 2.32. The number of nitrogens with two attached hydrogens (primary N) is 1. The van der Waals surface area contributed by atoms with Crippen LogP contribution >= 0.6 is 27.7 Å². The maximum atomic E-state index is 11.8. The fraction of sp³-hybridized carbons (Fsp3) is 0.500. The molecule has 0 aliphatic rings. The van der Waals surface area contributed by atoms with Crippen LogP contribution in [0, 0.1) is 0 Å². The Labute approximate surface area is 113 Å². The first-order chi connectivity index (χ1) is 8.08. The van der Waals surface area contributed by atoms with Crippen LogP contribution in [0.3, 0.4) is 0 Å². The fourth-order valence-electron chi connectivity index (χ4n) is 1.26. The van der Waals surface area contributed by atoms with E-state index in [1.54, 1.807) is 11.1 Å². The van der Waals surface area contributed by atoms with Crippen LogP contribution in [-0.2, 0) is 4.79 Å². The van der Waals surface area contributed by atoms with Crippen LogP contribution in [0.25, 0.3) is 0 Å². The van der Waals surface area contributed by atoms with Crippen molar-refractivity contribution in [3.8, 4) is 0 Å². The average molecular weight is 319 g/mol. The number of nitrogen functional groups attached to an aromatic ring is 1. The van der Waals surface area contributed by atoms with E-state index in [2.05, 4.69) is 25.9 Å². The molecule has 7 heteroatoms. The monoisotopic (exact) mass is 318 g/mol. The summed E-state index contributed by atoms with van der Waals surface area (Å²) in [7, 11) is 0. The van der Waals surface area contributed by atoms with Crippen molar-refractivity contribution in [3.05, 3.63) is 10.7 Å². The second kappa shape index (κ2) is 6.80. The number of amides is 1. The molecule has 2 N–H and O–H groups in total. The Morgan fingerprint density at radius 2 is 2.18 bits per heavy atom. The normalized spacial score (nSPS) is 10.3. The van der Waals surface area contributed by atoms with E-state index in [0.717, 1.165) is 17.6 Å². The minimum absolute atomic E-state index is 0.101. The van der Waals surface area contributed by atoms with E-state index in [9.17, 15) is 4.79 Å². The SMILES string of the molecule is CCN(CC)C(=O)CSc1nc(N)ncc1Br. The number of aromatic nitrogens is 2. The van der Waals surface area contributed by atoms with E-state index in [0.29, 0.717) is 10.8 Å². The standard InChI is InChI=1S/C10H15BrN4OS/c1-3-15(4-2)8(16)6-17-9-7(11)5-13-10(12)14-9/h5H,3-4,6H2,1-2H3,(H2,12,13,14). The first kappa shape index (κ1) is 14.2. The molecule has 0 aliphatic carbocycles. The van der Waals surface area contributed by atoms with Gasteiger partial charge >= 0.3 is 0 Å². The van der Waals surface area contributed by atoms with Crippen molar-refractivity contribution < 1.29 is 4.79 Å². The van der Waals surface area contributed by atoms with Gasteiger partial charge in [-0.3, -0.25) is 4.79 Å². The summed E-state index contributed by atoms with van der Waals surface area (Å²) in [6.07, 6.45) is 1.59. The van der Waals surface area contributed by atoms with Gasteiger partial charge < -0.3 is 10.6 Å². The molecule has 94 valence electrons. The Bertz CT molecular complexity index is 398. The smallest absolute Gasteiger partial charge is 0.232 e. The lowest BCUT2D eigenvalue weighted by Crippen LogP contribution is -2.31. The minimum Gasteiger partial charge on any atom is -0.368 e. The molecule has 0 aromatic carbocycles. The second-order valence-corrected chi connectivity index (χ2v) is 5.05. The van der Waals surface area contributed by atoms with Gasteiger partial charge in [-0.25, -0.2) is 9.97 Å². The molecular weight excluding hydrogens is 304 g/mol. The molecule has 0 fully saturated rings. The van der Waals surface area contributed by atoms with Crippen LogP contribution in [0.2, 0.25) is 0 Å². The number of carbonyl (C=O) groups is 1.